The molecule has 0 saturated carbocycles. The van der Waals surface area contributed by atoms with Gasteiger partial charge in [0.25, 0.3) is 0 Å². The number of aromatic amines is 1. The van der Waals surface area contributed by atoms with Crippen LogP contribution < -0.4 is 5.32 Å². The highest BCUT2D eigenvalue weighted by atomic mass is 19.1. The maximum absolute atomic E-state index is 14.8. The van der Waals surface area contributed by atoms with Crippen molar-refractivity contribution in [3.8, 4) is 5.69 Å². The molecule has 0 unspecified atom stereocenters. The van der Waals surface area contributed by atoms with Crippen LogP contribution in [0.2, 0.25) is 0 Å². The van der Waals surface area contributed by atoms with E-state index in [1.165, 1.54) is 39.5 Å². The van der Waals surface area contributed by atoms with Crippen molar-refractivity contribution in [2.24, 2.45) is 0 Å². The third kappa shape index (κ3) is 5.09. The van der Waals surface area contributed by atoms with E-state index in [0.717, 1.165) is 29.8 Å². The summed E-state index contributed by atoms with van der Waals surface area (Å²) in [5.41, 5.74) is 2.60. The van der Waals surface area contributed by atoms with Gasteiger partial charge in [0.05, 0.1) is 6.61 Å². The molecule has 2 N–H and O–H groups in total. The molecule has 1 aliphatic rings. The summed E-state index contributed by atoms with van der Waals surface area (Å²) in [5.74, 6) is -2.42. The molecule has 0 atom stereocenters. The minimum atomic E-state index is -0.817. The van der Waals surface area contributed by atoms with Crippen LogP contribution in [0.3, 0.4) is 0 Å². The molecule has 1 fully saturated rings. The van der Waals surface area contributed by atoms with Crippen molar-refractivity contribution >= 4 is 34.4 Å². The highest BCUT2D eigenvalue weighted by molar-refractivity contribution is 6.39. The van der Waals surface area contributed by atoms with Crippen molar-refractivity contribution in [2.75, 3.05) is 25.0 Å². The highest BCUT2D eigenvalue weighted by Crippen LogP contribution is 2.30. The number of hydrogen-bond acceptors (Lipinski definition) is 5. The van der Waals surface area contributed by atoms with Crippen LogP contribution in [0.1, 0.15) is 41.7 Å². The molecule has 3 heterocycles. The zero-order valence-corrected chi connectivity index (χ0v) is 20.2. The number of likely N-dealkylation sites (tertiary alicyclic amines) is 1. The predicted octanol–water partition coefficient (Wildman–Crippen LogP) is 4.01. The zero-order chi connectivity index (χ0) is 25.9. The second-order valence-electron chi connectivity index (χ2n) is 8.88. The minimum absolute atomic E-state index is 0.0537. The Morgan fingerprint density at radius 1 is 1.11 bits per heavy atom. The normalized spacial score (nSPS) is 14.1. The second-order valence-corrected chi connectivity index (χ2v) is 8.88. The van der Waals surface area contributed by atoms with Gasteiger partial charge in [-0.2, -0.15) is 5.10 Å². The van der Waals surface area contributed by atoms with Crippen molar-refractivity contribution in [1.29, 1.82) is 0 Å². The van der Waals surface area contributed by atoms with E-state index >= 15 is 0 Å². The maximum Gasteiger partial charge on any atom is 0.358 e. The van der Waals surface area contributed by atoms with Crippen molar-refractivity contribution < 1.29 is 23.5 Å². The number of ether oxygens (including phenoxy) is 1. The predicted molar refractivity (Wildman–Crippen MR) is 135 cm³/mol. The lowest BCUT2D eigenvalue weighted by Gasteiger charge is -2.31. The Morgan fingerprint density at radius 2 is 1.92 bits per heavy atom. The van der Waals surface area contributed by atoms with E-state index in [0.29, 0.717) is 19.0 Å². The fourth-order valence-corrected chi connectivity index (χ4v) is 4.61. The molecule has 0 aliphatic carbocycles. The fourth-order valence-electron chi connectivity index (χ4n) is 4.61. The fraction of sp³-hybridized carbons (Fsp3) is 0.259. The average molecular weight is 504 g/mol. The number of halogens is 1. The molecule has 37 heavy (non-hydrogen) atoms. The SMILES string of the molecule is CCOC(=O)c1ccn(-c2ccc(NC(=O)C(=O)N3CCC(c4ccc5[nH]ccc5c4)CC3)cc2F)n1. The number of aromatic nitrogens is 3. The van der Waals surface area contributed by atoms with Crippen LogP contribution in [-0.4, -0.2) is 57.1 Å². The number of fused-ring (bicyclic) bond motifs is 1. The molecule has 0 spiro atoms. The van der Waals surface area contributed by atoms with Gasteiger partial charge in [-0.3, -0.25) is 9.59 Å². The number of amides is 2. The van der Waals surface area contributed by atoms with E-state index < -0.39 is 23.6 Å². The van der Waals surface area contributed by atoms with Crippen LogP contribution in [0.4, 0.5) is 10.1 Å². The number of carbonyl (C=O) groups excluding carboxylic acids is 3. The molecule has 0 bridgehead atoms. The molecule has 2 amide bonds. The number of rotatable bonds is 5. The van der Waals surface area contributed by atoms with E-state index in [1.54, 1.807) is 6.92 Å². The van der Waals surface area contributed by atoms with Gasteiger partial charge in [0, 0.05) is 36.7 Å². The lowest BCUT2D eigenvalue weighted by atomic mass is 9.89. The largest absolute Gasteiger partial charge is 0.461 e. The van der Waals surface area contributed by atoms with Gasteiger partial charge in [0.15, 0.2) is 11.5 Å². The topological polar surface area (TPSA) is 109 Å². The molecule has 9 nitrogen and oxygen atoms in total. The summed E-state index contributed by atoms with van der Waals surface area (Å²) in [6, 6.07) is 13.8. The summed E-state index contributed by atoms with van der Waals surface area (Å²) in [5, 5.41) is 7.67. The highest BCUT2D eigenvalue weighted by Gasteiger charge is 2.28. The van der Waals surface area contributed by atoms with Crippen LogP contribution in [0.5, 0.6) is 0 Å². The number of nitrogens with zero attached hydrogens (tertiary/aromatic N) is 3. The first kappa shape index (κ1) is 24.2. The van der Waals surface area contributed by atoms with Gasteiger partial charge in [-0.05, 0) is 79.1 Å². The van der Waals surface area contributed by atoms with Gasteiger partial charge in [-0.1, -0.05) is 6.07 Å². The average Bonchev–Trinajstić information content (AvgIpc) is 3.58. The standard InChI is InChI=1S/C27H26FN5O4/c1-2-37-27(36)23-10-14-33(31-23)24-6-4-20(16-21(24)28)30-25(34)26(35)32-12-8-17(9-13-32)18-3-5-22-19(15-18)7-11-29-22/h3-7,10-11,14-17,29H,2,8-9,12-13H2,1H3,(H,30,34). The molecule has 10 heteroatoms. The molecule has 5 rings (SSSR count). The quantitative estimate of drug-likeness (QED) is 0.316. The summed E-state index contributed by atoms with van der Waals surface area (Å²) < 4.78 is 20.9. The molecule has 1 saturated heterocycles. The number of benzene rings is 2. The smallest absolute Gasteiger partial charge is 0.358 e. The molecule has 1 aliphatic heterocycles. The number of carbonyl (C=O) groups is 3. The Bertz CT molecular complexity index is 1470. The van der Waals surface area contributed by atoms with Crippen LogP contribution in [0.25, 0.3) is 16.6 Å². The number of H-pyrrole nitrogens is 1. The summed E-state index contributed by atoms with van der Waals surface area (Å²) in [7, 11) is 0. The first-order chi connectivity index (χ1) is 17.9. The van der Waals surface area contributed by atoms with Crippen LogP contribution in [0, 0.1) is 5.82 Å². The maximum atomic E-state index is 14.8. The number of esters is 1. The van der Waals surface area contributed by atoms with Gasteiger partial charge in [-0.15, -0.1) is 0 Å². The number of hydrogen-bond donors (Lipinski definition) is 2. The molecule has 4 aromatic rings. The van der Waals surface area contributed by atoms with E-state index in [9.17, 15) is 18.8 Å². The van der Waals surface area contributed by atoms with Gasteiger partial charge in [-0.25, -0.2) is 13.9 Å². The van der Waals surface area contributed by atoms with E-state index in [1.807, 2.05) is 12.3 Å². The number of anilines is 1. The van der Waals surface area contributed by atoms with Crippen molar-refractivity contribution in [2.45, 2.75) is 25.7 Å². The summed E-state index contributed by atoms with van der Waals surface area (Å²) in [6.45, 7) is 2.82. The first-order valence-corrected chi connectivity index (χ1v) is 12.1. The monoisotopic (exact) mass is 503 g/mol. The summed E-state index contributed by atoms with van der Waals surface area (Å²) in [4.78, 5) is 41.8. The third-order valence-corrected chi connectivity index (χ3v) is 6.55. The Hall–Kier alpha value is -4.47. The zero-order valence-electron chi connectivity index (χ0n) is 20.2. The van der Waals surface area contributed by atoms with E-state index in [2.05, 4.69) is 33.6 Å². The number of nitrogens with one attached hydrogen (secondary N) is 2. The second kappa shape index (κ2) is 10.3. The molecular formula is C27H26FN5O4. The lowest BCUT2D eigenvalue weighted by Crippen LogP contribution is -2.43. The molecule has 2 aromatic heterocycles. The molecule has 0 radical (unpaired) electrons. The number of piperidine rings is 1. The van der Waals surface area contributed by atoms with E-state index in [4.69, 9.17) is 4.74 Å². The van der Waals surface area contributed by atoms with Gasteiger partial charge >= 0.3 is 17.8 Å². The third-order valence-electron chi connectivity index (χ3n) is 6.55. The van der Waals surface area contributed by atoms with Crippen LogP contribution in [-0.2, 0) is 14.3 Å². The Balaban J connectivity index is 1.18. The van der Waals surface area contributed by atoms with Crippen molar-refractivity contribution in [3.05, 3.63) is 78.0 Å². The lowest BCUT2D eigenvalue weighted by molar-refractivity contribution is -0.143. The van der Waals surface area contributed by atoms with Crippen molar-refractivity contribution in [1.82, 2.24) is 19.7 Å². The minimum Gasteiger partial charge on any atom is -0.461 e. The molecule has 2 aromatic carbocycles. The van der Waals surface area contributed by atoms with E-state index in [-0.39, 0.29) is 23.7 Å². The van der Waals surface area contributed by atoms with Crippen molar-refractivity contribution in [3.63, 3.8) is 0 Å². The first-order valence-electron chi connectivity index (χ1n) is 12.1. The van der Waals surface area contributed by atoms with Gasteiger partial charge in [0.1, 0.15) is 5.69 Å². The van der Waals surface area contributed by atoms with Crippen LogP contribution >= 0.6 is 0 Å². The summed E-state index contributed by atoms with van der Waals surface area (Å²) >= 11 is 0. The molecular weight excluding hydrogens is 477 g/mol. The Kier molecular flexibility index (Phi) is 6.72. The Labute approximate surface area is 212 Å². The van der Waals surface area contributed by atoms with Crippen LogP contribution in [0.15, 0.2) is 60.9 Å². The Morgan fingerprint density at radius 3 is 2.68 bits per heavy atom. The summed E-state index contributed by atoms with van der Waals surface area (Å²) in [6.07, 6.45) is 4.87. The van der Waals surface area contributed by atoms with Gasteiger partial charge in [0.2, 0.25) is 0 Å². The van der Waals surface area contributed by atoms with Gasteiger partial charge < -0.3 is 19.9 Å². The molecule has 190 valence electrons.